The fourth-order valence-electron chi connectivity index (χ4n) is 2.99. The summed E-state index contributed by atoms with van der Waals surface area (Å²) in [6, 6.07) is 13.9. The van der Waals surface area contributed by atoms with Crippen LogP contribution in [0.25, 0.3) is 10.8 Å². The lowest BCUT2D eigenvalue weighted by Gasteiger charge is -2.08. The second kappa shape index (κ2) is 6.87. The smallest absolute Gasteiger partial charge is 0.284 e. The van der Waals surface area contributed by atoms with Crippen molar-refractivity contribution in [3.63, 3.8) is 0 Å². The van der Waals surface area contributed by atoms with E-state index in [1.165, 1.54) is 4.68 Å². The number of hydrogen-bond donors (Lipinski definition) is 0. The zero-order valence-corrected chi connectivity index (χ0v) is 14.4. The molecule has 3 rings (SSSR count). The highest BCUT2D eigenvalue weighted by Crippen LogP contribution is 2.21. The van der Waals surface area contributed by atoms with Crippen molar-refractivity contribution in [1.29, 1.82) is 0 Å². The van der Waals surface area contributed by atoms with Gasteiger partial charge >= 0.3 is 0 Å². The summed E-state index contributed by atoms with van der Waals surface area (Å²) in [6.07, 6.45) is 1.98. The van der Waals surface area contributed by atoms with Gasteiger partial charge in [0.05, 0.1) is 5.69 Å². The number of fused-ring (bicyclic) bond motifs is 1. The fourth-order valence-corrected chi connectivity index (χ4v) is 2.99. The Hall–Kier alpha value is -2.62. The third-order valence-electron chi connectivity index (χ3n) is 4.26. The number of carbonyl (C=O) groups is 1. The van der Waals surface area contributed by atoms with E-state index in [2.05, 4.69) is 18.1 Å². The maximum Gasteiger partial charge on any atom is 0.284 e. The number of aromatic nitrogens is 2. The maximum absolute atomic E-state index is 12.4. The van der Waals surface area contributed by atoms with Crippen molar-refractivity contribution in [3.8, 4) is 5.75 Å². The molecule has 0 amide bonds. The second-order valence-electron chi connectivity index (χ2n) is 6.00. The van der Waals surface area contributed by atoms with Crippen molar-refractivity contribution in [2.24, 2.45) is 0 Å². The Morgan fingerprint density at radius 2 is 1.88 bits per heavy atom. The first kappa shape index (κ1) is 16.2. The minimum absolute atomic E-state index is 0.0220. The van der Waals surface area contributed by atoms with E-state index in [1.807, 2.05) is 50.2 Å². The Bertz CT molecular complexity index is 880. The number of rotatable bonds is 5. The van der Waals surface area contributed by atoms with Crippen molar-refractivity contribution in [3.05, 3.63) is 59.4 Å². The number of aryl methyl sites for hydroxylation is 1. The average molecular weight is 322 g/mol. The largest absolute Gasteiger partial charge is 0.484 e. The van der Waals surface area contributed by atoms with E-state index in [-0.39, 0.29) is 12.5 Å². The lowest BCUT2D eigenvalue weighted by atomic mass is 10.1. The summed E-state index contributed by atoms with van der Waals surface area (Å²) in [7, 11) is 0. The van der Waals surface area contributed by atoms with E-state index in [1.54, 1.807) is 0 Å². The molecule has 4 nitrogen and oxygen atoms in total. The van der Waals surface area contributed by atoms with E-state index in [0.717, 1.165) is 40.6 Å². The molecule has 0 spiro atoms. The van der Waals surface area contributed by atoms with Gasteiger partial charge < -0.3 is 4.74 Å². The Morgan fingerprint density at radius 3 is 2.62 bits per heavy atom. The van der Waals surface area contributed by atoms with Crippen LogP contribution in [0.5, 0.6) is 5.75 Å². The van der Waals surface area contributed by atoms with Crippen LogP contribution < -0.4 is 4.74 Å². The van der Waals surface area contributed by atoms with Crippen LogP contribution in [-0.2, 0) is 6.42 Å². The van der Waals surface area contributed by atoms with Gasteiger partial charge in [0, 0.05) is 5.69 Å². The van der Waals surface area contributed by atoms with Gasteiger partial charge in [-0.15, -0.1) is 0 Å². The zero-order valence-electron chi connectivity index (χ0n) is 14.4. The van der Waals surface area contributed by atoms with Crippen LogP contribution in [0.3, 0.4) is 0 Å². The predicted molar refractivity (Wildman–Crippen MR) is 95.8 cm³/mol. The molecule has 1 heterocycles. The molecule has 0 saturated carbocycles. The van der Waals surface area contributed by atoms with Gasteiger partial charge in [-0.05, 0) is 48.7 Å². The maximum atomic E-state index is 12.4. The highest BCUT2D eigenvalue weighted by molar-refractivity contribution is 5.84. The van der Waals surface area contributed by atoms with E-state index in [9.17, 15) is 4.79 Å². The van der Waals surface area contributed by atoms with Gasteiger partial charge in [0.2, 0.25) is 0 Å². The molecule has 0 aliphatic carbocycles. The van der Waals surface area contributed by atoms with E-state index in [0.29, 0.717) is 5.75 Å². The molecule has 0 aliphatic heterocycles. The van der Waals surface area contributed by atoms with Gasteiger partial charge in [0.15, 0.2) is 6.61 Å². The average Bonchev–Trinajstić information content (AvgIpc) is 2.88. The summed E-state index contributed by atoms with van der Waals surface area (Å²) in [5, 5.41) is 6.63. The standard InChI is InChI=1S/C20H22N2O2/c1-4-7-19-14(2)21-22(15(19)3)20(23)13-24-18-11-10-16-8-5-6-9-17(16)12-18/h5-6,8-12H,4,7,13H2,1-3H3. The Kier molecular flexibility index (Phi) is 4.65. The van der Waals surface area contributed by atoms with Crippen LogP contribution in [0.2, 0.25) is 0 Å². The Balaban J connectivity index is 1.74. The number of benzene rings is 2. The minimum atomic E-state index is -0.147. The molecule has 0 bridgehead atoms. The van der Waals surface area contributed by atoms with Crippen LogP contribution in [0.1, 0.15) is 35.1 Å². The first-order valence-electron chi connectivity index (χ1n) is 8.30. The van der Waals surface area contributed by atoms with Crippen LogP contribution in [-0.4, -0.2) is 22.3 Å². The third kappa shape index (κ3) is 3.18. The van der Waals surface area contributed by atoms with Gasteiger partial charge in [-0.25, -0.2) is 4.68 Å². The summed E-state index contributed by atoms with van der Waals surface area (Å²) in [5.74, 6) is 0.545. The molecule has 124 valence electrons. The molecule has 0 saturated heterocycles. The number of carbonyl (C=O) groups excluding carboxylic acids is 1. The molecule has 0 N–H and O–H groups in total. The van der Waals surface area contributed by atoms with Crippen LogP contribution >= 0.6 is 0 Å². The van der Waals surface area contributed by atoms with Crippen LogP contribution in [0.15, 0.2) is 42.5 Å². The van der Waals surface area contributed by atoms with Gasteiger partial charge in [0.1, 0.15) is 5.75 Å². The summed E-state index contributed by atoms with van der Waals surface area (Å²) in [6.45, 7) is 6.00. The minimum Gasteiger partial charge on any atom is -0.484 e. The van der Waals surface area contributed by atoms with E-state index < -0.39 is 0 Å². The van der Waals surface area contributed by atoms with Crippen molar-refractivity contribution < 1.29 is 9.53 Å². The Labute approximate surface area is 142 Å². The molecular weight excluding hydrogens is 300 g/mol. The van der Waals surface area contributed by atoms with E-state index >= 15 is 0 Å². The van der Waals surface area contributed by atoms with Gasteiger partial charge in [-0.1, -0.05) is 43.7 Å². The van der Waals surface area contributed by atoms with E-state index in [4.69, 9.17) is 4.74 Å². The molecule has 0 atom stereocenters. The number of ether oxygens (including phenoxy) is 1. The topological polar surface area (TPSA) is 44.1 Å². The monoisotopic (exact) mass is 322 g/mol. The third-order valence-corrected chi connectivity index (χ3v) is 4.26. The molecule has 0 aliphatic rings. The van der Waals surface area contributed by atoms with Crippen molar-refractivity contribution in [1.82, 2.24) is 9.78 Å². The van der Waals surface area contributed by atoms with Crippen molar-refractivity contribution in [2.75, 3.05) is 6.61 Å². The summed E-state index contributed by atoms with van der Waals surface area (Å²) >= 11 is 0. The SMILES string of the molecule is CCCc1c(C)nn(C(=O)COc2ccc3ccccc3c2)c1C. The molecule has 24 heavy (non-hydrogen) atoms. The molecular formula is C20H22N2O2. The molecule has 0 radical (unpaired) electrons. The normalized spacial score (nSPS) is 11.0. The first-order valence-corrected chi connectivity index (χ1v) is 8.30. The molecule has 0 unspecified atom stereocenters. The van der Waals surface area contributed by atoms with Crippen molar-refractivity contribution in [2.45, 2.75) is 33.6 Å². The van der Waals surface area contributed by atoms with Crippen LogP contribution in [0, 0.1) is 13.8 Å². The lowest BCUT2D eigenvalue weighted by molar-refractivity contribution is 0.0818. The fraction of sp³-hybridized carbons (Fsp3) is 0.300. The number of nitrogens with zero attached hydrogens (tertiary/aromatic N) is 2. The van der Waals surface area contributed by atoms with Crippen molar-refractivity contribution >= 4 is 16.7 Å². The molecule has 1 aromatic heterocycles. The highest BCUT2D eigenvalue weighted by atomic mass is 16.5. The summed E-state index contributed by atoms with van der Waals surface area (Å²) in [4.78, 5) is 12.4. The number of hydrogen-bond acceptors (Lipinski definition) is 3. The molecule has 2 aromatic carbocycles. The van der Waals surface area contributed by atoms with Gasteiger partial charge in [-0.2, -0.15) is 5.10 Å². The molecule has 0 fully saturated rings. The summed E-state index contributed by atoms with van der Waals surface area (Å²) < 4.78 is 7.16. The molecule has 3 aromatic rings. The summed E-state index contributed by atoms with van der Waals surface area (Å²) in [5.41, 5.74) is 3.01. The van der Waals surface area contributed by atoms with Gasteiger partial charge in [0.25, 0.3) is 5.91 Å². The van der Waals surface area contributed by atoms with Gasteiger partial charge in [-0.3, -0.25) is 4.79 Å². The predicted octanol–water partition coefficient (Wildman–Crippen LogP) is 4.32. The first-order chi connectivity index (χ1) is 11.6. The quantitative estimate of drug-likeness (QED) is 0.702. The van der Waals surface area contributed by atoms with Crippen LogP contribution in [0.4, 0.5) is 0 Å². The Morgan fingerprint density at radius 1 is 1.12 bits per heavy atom. The lowest BCUT2D eigenvalue weighted by Crippen LogP contribution is -2.21. The second-order valence-corrected chi connectivity index (χ2v) is 6.00. The highest BCUT2D eigenvalue weighted by Gasteiger charge is 2.16. The zero-order chi connectivity index (χ0) is 17.1. The molecule has 4 heteroatoms.